The van der Waals surface area contributed by atoms with E-state index in [0.717, 1.165) is 52.3 Å². The Kier molecular flexibility index (Phi) is 9.17. The number of nitrogens with one attached hydrogen (secondary N) is 1. The lowest BCUT2D eigenvalue weighted by Crippen LogP contribution is -2.16. The molecule has 168 valence electrons. The molecule has 0 bridgehead atoms. The van der Waals surface area contributed by atoms with Crippen LogP contribution in [0.1, 0.15) is 17.5 Å². The maximum Gasteiger partial charge on any atom is 0.209 e. The van der Waals surface area contributed by atoms with E-state index in [0.29, 0.717) is 6.61 Å². The van der Waals surface area contributed by atoms with Gasteiger partial charge in [0.25, 0.3) is 0 Å². The zero-order valence-corrected chi connectivity index (χ0v) is 20.1. The summed E-state index contributed by atoms with van der Waals surface area (Å²) in [5.74, 6) is 1.83. The molecule has 0 aliphatic carbocycles. The zero-order chi connectivity index (χ0) is 21.5. The summed E-state index contributed by atoms with van der Waals surface area (Å²) in [6.45, 7) is 2.06. The van der Waals surface area contributed by atoms with Crippen LogP contribution in [0.25, 0.3) is 10.8 Å². The molecule has 9 heteroatoms. The van der Waals surface area contributed by atoms with Crippen LogP contribution in [0, 0.1) is 0 Å². The predicted octanol–water partition coefficient (Wildman–Crippen LogP) is 5.29. The van der Waals surface area contributed by atoms with Gasteiger partial charge in [0.2, 0.25) is 5.16 Å². The minimum atomic E-state index is 0. The molecule has 0 unspecified atom stereocenters. The largest absolute Gasteiger partial charge is 0.488 e. The first-order valence-electron chi connectivity index (χ1n) is 10.1. The predicted molar refractivity (Wildman–Crippen MR) is 133 cm³/mol. The van der Waals surface area contributed by atoms with Gasteiger partial charge < -0.3 is 10.1 Å². The average Bonchev–Trinajstić information content (AvgIpc) is 3.20. The van der Waals surface area contributed by atoms with Crippen molar-refractivity contribution in [1.29, 1.82) is 0 Å². The second-order valence-electron chi connectivity index (χ2n) is 7.11. The fourth-order valence-corrected chi connectivity index (χ4v) is 4.30. The van der Waals surface area contributed by atoms with E-state index >= 15 is 0 Å². The molecule has 32 heavy (non-hydrogen) atoms. The highest BCUT2D eigenvalue weighted by Gasteiger charge is 2.10. The van der Waals surface area contributed by atoms with Crippen molar-refractivity contribution in [3.63, 3.8) is 0 Å². The van der Waals surface area contributed by atoms with Gasteiger partial charge in [0, 0.05) is 35.5 Å². The number of thioether (sulfide) groups is 1. The second kappa shape index (κ2) is 12.1. The van der Waals surface area contributed by atoms with Gasteiger partial charge in [0.15, 0.2) is 0 Å². The highest BCUT2D eigenvalue weighted by molar-refractivity contribution is 7.99. The number of fused-ring (bicyclic) bond motifs is 1. The van der Waals surface area contributed by atoms with Gasteiger partial charge in [-0.15, -0.1) is 17.5 Å². The van der Waals surface area contributed by atoms with Crippen molar-refractivity contribution in [2.75, 3.05) is 12.3 Å². The summed E-state index contributed by atoms with van der Waals surface area (Å²) in [6.07, 6.45) is 1.01. The van der Waals surface area contributed by atoms with Gasteiger partial charge in [-0.1, -0.05) is 71.9 Å². The number of halogens is 2. The van der Waals surface area contributed by atoms with E-state index in [2.05, 4.69) is 51.2 Å². The smallest absolute Gasteiger partial charge is 0.209 e. The Hall–Kier alpha value is -2.32. The Morgan fingerprint density at radius 3 is 2.69 bits per heavy atom. The summed E-state index contributed by atoms with van der Waals surface area (Å²) in [7, 11) is 1.85. The van der Waals surface area contributed by atoms with E-state index in [4.69, 9.17) is 16.3 Å². The van der Waals surface area contributed by atoms with E-state index in [1.807, 2.05) is 37.4 Å². The summed E-state index contributed by atoms with van der Waals surface area (Å²) in [4.78, 5) is 0. The van der Waals surface area contributed by atoms with Gasteiger partial charge in [0.1, 0.15) is 12.4 Å². The van der Waals surface area contributed by atoms with Crippen LogP contribution in [0.3, 0.4) is 0 Å². The number of tetrazole rings is 1. The van der Waals surface area contributed by atoms with E-state index in [1.165, 1.54) is 10.8 Å². The van der Waals surface area contributed by atoms with Gasteiger partial charge in [-0.2, -0.15) is 0 Å². The Labute approximate surface area is 203 Å². The molecule has 0 aliphatic heterocycles. The van der Waals surface area contributed by atoms with Crippen LogP contribution >= 0.6 is 35.8 Å². The SMILES string of the molecule is Cl.Cn1nnnc1SCCCNCc1c(OCc2ccccc2Cl)ccc2ccccc12. The van der Waals surface area contributed by atoms with Crippen LogP contribution < -0.4 is 10.1 Å². The molecule has 0 saturated heterocycles. The van der Waals surface area contributed by atoms with Crippen molar-refractivity contribution in [2.45, 2.75) is 24.7 Å². The molecule has 0 radical (unpaired) electrons. The first-order chi connectivity index (χ1) is 15.2. The van der Waals surface area contributed by atoms with Crippen LogP contribution in [0.15, 0.2) is 65.8 Å². The molecule has 6 nitrogen and oxygen atoms in total. The lowest BCUT2D eigenvalue weighted by molar-refractivity contribution is 0.303. The van der Waals surface area contributed by atoms with E-state index in [-0.39, 0.29) is 12.4 Å². The summed E-state index contributed by atoms with van der Waals surface area (Å²) in [5, 5.41) is 19.0. The van der Waals surface area contributed by atoms with Crippen molar-refractivity contribution in [2.24, 2.45) is 7.05 Å². The number of hydrogen-bond acceptors (Lipinski definition) is 6. The number of aryl methyl sites for hydroxylation is 1. The molecule has 1 aromatic heterocycles. The fourth-order valence-electron chi connectivity index (χ4n) is 3.32. The Morgan fingerprint density at radius 2 is 1.88 bits per heavy atom. The molecule has 0 saturated carbocycles. The monoisotopic (exact) mass is 489 g/mol. The number of ether oxygens (including phenoxy) is 1. The van der Waals surface area contributed by atoms with Crippen LogP contribution in [0.5, 0.6) is 5.75 Å². The van der Waals surface area contributed by atoms with Crippen molar-refractivity contribution in [1.82, 2.24) is 25.5 Å². The quantitative estimate of drug-likeness (QED) is 0.241. The van der Waals surface area contributed by atoms with Gasteiger partial charge in [-0.05, 0) is 46.3 Å². The lowest BCUT2D eigenvalue weighted by Gasteiger charge is -2.16. The number of benzene rings is 3. The third-order valence-corrected chi connectivity index (χ3v) is 6.42. The van der Waals surface area contributed by atoms with Gasteiger partial charge in [0.05, 0.1) is 0 Å². The summed E-state index contributed by atoms with van der Waals surface area (Å²) in [6, 6.07) is 20.3. The normalized spacial score (nSPS) is 10.8. The molecule has 4 rings (SSSR count). The average molecular weight is 490 g/mol. The first kappa shape index (κ1) is 24.3. The lowest BCUT2D eigenvalue weighted by atomic mass is 10.0. The number of rotatable bonds is 10. The molecule has 4 aromatic rings. The molecule has 1 N–H and O–H groups in total. The molecule has 0 aliphatic rings. The van der Waals surface area contributed by atoms with Crippen molar-refractivity contribution in [3.05, 3.63) is 76.8 Å². The molecule has 0 spiro atoms. The molecular formula is C23H25Cl2N5OS. The standard InChI is InChI=1S/C23H24ClN5OS.ClH/c1-29-23(26-27-28-29)31-14-6-13-25-15-20-19-9-4-2-7-17(19)11-12-22(20)30-16-18-8-3-5-10-21(18)24;/h2-5,7-12,25H,6,13-16H2,1H3;1H. The number of hydrogen-bond donors (Lipinski definition) is 1. The van der Waals surface area contributed by atoms with Crippen molar-refractivity contribution >= 4 is 46.5 Å². The summed E-state index contributed by atoms with van der Waals surface area (Å²) < 4.78 is 7.89. The van der Waals surface area contributed by atoms with E-state index in [9.17, 15) is 0 Å². The van der Waals surface area contributed by atoms with Gasteiger partial charge >= 0.3 is 0 Å². The van der Waals surface area contributed by atoms with Crippen LogP contribution in [-0.4, -0.2) is 32.5 Å². The van der Waals surface area contributed by atoms with Crippen LogP contribution in [0.2, 0.25) is 5.02 Å². The minimum Gasteiger partial charge on any atom is -0.488 e. The summed E-state index contributed by atoms with van der Waals surface area (Å²) in [5.41, 5.74) is 2.14. The van der Waals surface area contributed by atoms with Crippen LogP contribution in [-0.2, 0) is 20.2 Å². The van der Waals surface area contributed by atoms with Gasteiger partial charge in [-0.3, -0.25) is 0 Å². The second-order valence-corrected chi connectivity index (χ2v) is 8.58. The first-order valence-corrected chi connectivity index (χ1v) is 11.5. The highest BCUT2D eigenvalue weighted by Crippen LogP contribution is 2.29. The molecule has 0 amide bonds. The Balaban J connectivity index is 0.00000289. The molecule has 0 atom stereocenters. The Morgan fingerprint density at radius 1 is 1.06 bits per heavy atom. The topological polar surface area (TPSA) is 64.9 Å². The zero-order valence-electron chi connectivity index (χ0n) is 17.7. The highest BCUT2D eigenvalue weighted by atomic mass is 35.5. The molecular weight excluding hydrogens is 465 g/mol. The van der Waals surface area contributed by atoms with Crippen molar-refractivity contribution in [3.8, 4) is 5.75 Å². The number of nitrogens with zero attached hydrogens (tertiary/aromatic N) is 4. The third kappa shape index (κ3) is 6.13. The fraction of sp³-hybridized carbons (Fsp3) is 0.261. The van der Waals surface area contributed by atoms with E-state index in [1.54, 1.807) is 16.4 Å². The van der Waals surface area contributed by atoms with E-state index < -0.39 is 0 Å². The van der Waals surface area contributed by atoms with Crippen molar-refractivity contribution < 1.29 is 4.74 Å². The maximum atomic E-state index is 6.30. The molecule has 0 fully saturated rings. The third-order valence-electron chi connectivity index (χ3n) is 4.95. The molecule has 1 heterocycles. The number of aromatic nitrogens is 4. The Bertz CT molecular complexity index is 1150. The van der Waals surface area contributed by atoms with Crippen LogP contribution in [0.4, 0.5) is 0 Å². The summed E-state index contributed by atoms with van der Waals surface area (Å²) >= 11 is 7.96. The molecule has 3 aromatic carbocycles. The minimum absolute atomic E-state index is 0. The van der Waals surface area contributed by atoms with Gasteiger partial charge in [-0.25, -0.2) is 4.68 Å². The maximum absolute atomic E-state index is 6.30.